The van der Waals surface area contributed by atoms with Crippen LogP contribution in [0.2, 0.25) is 5.02 Å². The van der Waals surface area contributed by atoms with Crippen molar-refractivity contribution in [2.75, 3.05) is 0 Å². The van der Waals surface area contributed by atoms with Crippen molar-refractivity contribution in [1.29, 1.82) is 0 Å². The Morgan fingerprint density at radius 3 is 2.53 bits per heavy atom. The van der Waals surface area contributed by atoms with Gasteiger partial charge >= 0.3 is 0 Å². The fourth-order valence-corrected chi connectivity index (χ4v) is 2.42. The van der Waals surface area contributed by atoms with Crippen LogP contribution in [0, 0.1) is 0 Å². The van der Waals surface area contributed by atoms with Gasteiger partial charge in [-0.15, -0.1) is 0 Å². The fourth-order valence-electron chi connectivity index (χ4n) is 2.29. The third kappa shape index (κ3) is 2.15. The molecule has 2 aromatic carbocycles. The van der Waals surface area contributed by atoms with Crippen molar-refractivity contribution < 1.29 is 9.90 Å². The van der Waals surface area contributed by atoms with Crippen LogP contribution in [0.5, 0.6) is 5.75 Å². The summed E-state index contributed by atoms with van der Waals surface area (Å²) < 4.78 is 0. The molecule has 0 aliphatic heterocycles. The van der Waals surface area contributed by atoms with Gasteiger partial charge in [-0.25, -0.2) is 0 Å². The van der Waals surface area contributed by atoms with E-state index < -0.39 is 0 Å². The number of carbonyl (C=O) groups excluding carboxylic acids is 1. The first-order chi connectivity index (χ1) is 9.15. The highest BCUT2D eigenvalue weighted by molar-refractivity contribution is 6.30. The number of hydrogen-bond donors (Lipinski definition) is 1. The number of phenols is 1. The average Bonchev–Trinajstić information content (AvgIpc) is 2.72. The second kappa shape index (κ2) is 4.56. The monoisotopic (exact) mass is 270 g/mol. The minimum absolute atomic E-state index is 0.0131. The smallest absolute Gasteiger partial charge is 0.189 e. The molecule has 0 saturated heterocycles. The number of halogens is 1. The van der Waals surface area contributed by atoms with Crippen LogP contribution >= 0.6 is 11.6 Å². The molecule has 0 fully saturated rings. The molecular formula is C16H11ClO2. The molecule has 0 radical (unpaired) electrons. The lowest BCUT2D eigenvalue weighted by molar-refractivity contribution is 0.104. The summed E-state index contributed by atoms with van der Waals surface area (Å²) >= 11 is 5.83. The van der Waals surface area contributed by atoms with Gasteiger partial charge in [0, 0.05) is 28.1 Å². The van der Waals surface area contributed by atoms with Crippen molar-refractivity contribution in [3.8, 4) is 5.75 Å². The van der Waals surface area contributed by atoms with Crippen molar-refractivity contribution in [2.45, 2.75) is 6.42 Å². The molecule has 0 unspecified atom stereocenters. The molecule has 0 saturated carbocycles. The Balaban J connectivity index is 2.00. The molecule has 0 aromatic heterocycles. The number of ketones is 1. The number of benzene rings is 2. The Kier molecular flexibility index (Phi) is 2.88. The Morgan fingerprint density at radius 2 is 1.84 bits per heavy atom. The number of rotatable bonds is 1. The topological polar surface area (TPSA) is 37.3 Å². The van der Waals surface area contributed by atoms with Gasteiger partial charge in [-0.2, -0.15) is 0 Å². The first-order valence-electron chi connectivity index (χ1n) is 5.97. The van der Waals surface area contributed by atoms with E-state index in [4.69, 9.17) is 11.6 Å². The SMILES string of the molecule is O=C1C(=Cc2ccc(Cl)cc2)Cc2c(O)cccc21. The first kappa shape index (κ1) is 12.0. The molecule has 0 spiro atoms. The lowest BCUT2D eigenvalue weighted by atomic mass is 10.1. The molecule has 19 heavy (non-hydrogen) atoms. The van der Waals surface area contributed by atoms with Gasteiger partial charge in [0.05, 0.1) is 0 Å². The number of aromatic hydroxyl groups is 1. The molecule has 0 heterocycles. The van der Waals surface area contributed by atoms with Crippen LogP contribution in [-0.2, 0) is 6.42 Å². The zero-order valence-corrected chi connectivity index (χ0v) is 10.8. The molecule has 0 bridgehead atoms. The molecule has 1 N–H and O–H groups in total. The summed E-state index contributed by atoms with van der Waals surface area (Å²) in [5.41, 5.74) is 2.94. The van der Waals surface area contributed by atoms with E-state index in [1.165, 1.54) is 0 Å². The molecule has 2 aromatic rings. The Labute approximate surface area is 116 Å². The highest BCUT2D eigenvalue weighted by Gasteiger charge is 2.26. The number of fused-ring (bicyclic) bond motifs is 1. The molecule has 94 valence electrons. The fraction of sp³-hybridized carbons (Fsp3) is 0.0625. The lowest BCUT2D eigenvalue weighted by Gasteiger charge is -1.98. The van der Waals surface area contributed by atoms with Gasteiger partial charge in [-0.05, 0) is 29.8 Å². The minimum atomic E-state index is -0.0131. The van der Waals surface area contributed by atoms with E-state index in [-0.39, 0.29) is 11.5 Å². The maximum absolute atomic E-state index is 12.2. The largest absolute Gasteiger partial charge is 0.508 e. The van der Waals surface area contributed by atoms with E-state index in [1.54, 1.807) is 30.3 Å². The van der Waals surface area contributed by atoms with Crippen LogP contribution in [0.15, 0.2) is 48.0 Å². The van der Waals surface area contributed by atoms with Crippen molar-refractivity contribution in [3.05, 3.63) is 69.8 Å². The predicted molar refractivity (Wildman–Crippen MR) is 75.6 cm³/mol. The first-order valence-corrected chi connectivity index (χ1v) is 6.34. The van der Waals surface area contributed by atoms with Crippen LogP contribution in [-0.4, -0.2) is 10.9 Å². The van der Waals surface area contributed by atoms with Crippen LogP contribution < -0.4 is 0 Å². The normalized spacial score (nSPS) is 15.8. The molecule has 1 aliphatic carbocycles. The van der Waals surface area contributed by atoms with Gasteiger partial charge in [0.1, 0.15) is 5.75 Å². The van der Waals surface area contributed by atoms with E-state index in [0.29, 0.717) is 28.1 Å². The molecule has 3 heteroatoms. The summed E-state index contributed by atoms with van der Waals surface area (Å²) in [5.74, 6) is 0.172. The Hall–Kier alpha value is -2.06. The van der Waals surface area contributed by atoms with Crippen molar-refractivity contribution in [2.24, 2.45) is 0 Å². The quantitative estimate of drug-likeness (QED) is 0.799. The number of phenolic OH excluding ortho intramolecular Hbond substituents is 1. The average molecular weight is 271 g/mol. The standard InChI is InChI=1S/C16H11ClO2/c17-12-6-4-10(5-7-12)8-11-9-14-13(16(11)19)2-1-3-15(14)18/h1-8,18H,9H2. The van der Waals surface area contributed by atoms with Gasteiger partial charge in [0.15, 0.2) is 5.78 Å². The van der Waals surface area contributed by atoms with Crippen LogP contribution in [0.4, 0.5) is 0 Å². The minimum Gasteiger partial charge on any atom is -0.508 e. The highest BCUT2D eigenvalue weighted by atomic mass is 35.5. The molecular weight excluding hydrogens is 260 g/mol. The number of Topliss-reactive ketones (excluding diaryl/α,β-unsaturated/α-hetero) is 1. The highest BCUT2D eigenvalue weighted by Crippen LogP contribution is 2.33. The van der Waals surface area contributed by atoms with Crippen molar-refractivity contribution in [3.63, 3.8) is 0 Å². The van der Waals surface area contributed by atoms with Crippen LogP contribution in [0.1, 0.15) is 21.5 Å². The van der Waals surface area contributed by atoms with Crippen molar-refractivity contribution >= 4 is 23.5 Å². The van der Waals surface area contributed by atoms with E-state index >= 15 is 0 Å². The maximum atomic E-state index is 12.2. The molecule has 3 rings (SSSR count). The summed E-state index contributed by atoms with van der Waals surface area (Å²) in [7, 11) is 0. The van der Waals surface area contributed by atoms with Gasteiger partial charge in [0.2, 0.25) is 0 Å². The third-order valence-electron chi connectivity index (χ3n) is 3.27. The molecule has 1 aliphatic rings. The number of allylic oxidation sites excluding steroid dienone is 1. The van der Waals surface area contributed by atoms with E-state index in [0.717, 1.165) is 5.56 Å². The van der Waals surface area contributed by atoms with Crippen LogP contribution in [0.25, 0.3) is 6.08 Å². The van der Waals surface area contributed by atoms with Crippen LogP contribution in [0.3, 0.4) is 0 Å². The summed E-state index contributed by atoms with van der Waals surface area (Å²) in [6.45, 7) is 0. The number of hydrogen-bond acceptors (Lipinski definition) is 2. The van der Waals surface area contributed by atoms with E-state index in [9.17, 15) is 9.90 Å². The van der Waals surface area contributed by atoms with E-state index in [1.807, 2.05) is 18.2 Å². The van der Waals surface area contributed by atoms with Gasteiger partial charge in [-0.3, -0.25) is 4.79 Å². The second-order valence-electron chi connectivity index (χ2n) is 4.53. The Morgan fingerprint density at radius 1 is 1.11 bits per heavy atom. The predicted octanol–water partition coefficient (Wildman–Crippen LogP) is 3.87. The Bertz CT molecular complexity index is 684. The molecule has 0 amide bonds. The summed E-state index contributed by atoms with van der Waals surface area (Å²) in [6.07, 6.45) is 2.32. The number of carbonyl (C=O) groups is 1. The van der Waals surface area contributed by atoms with E-state index in [2.05, 4.69) is 0 Å². The van der Waals surface area contributed by atoms with Crippen molar-refractivity contribution in [1.82, 2.24) is 0 Å². The zero-order chi connectivity index (χ0) is 13.4. The summed E-state index contributed by atoms with van der Waals surface area (Å²) in [5, 5.41) is 10.4. The lowest BCUT2D eigenvalue weighted by Crippen LogP contribution is -1.94. The zero-order valence-electron chi connectivity index (χ0n) is 10.1. The van der Waals surface area contributed by atoms with Gasteiger partial charge in [0.25, 0.3) is 0 Å². The summed E-state index contributed by atoms with van der Waals surface area (Å²) in [6, 6.07) is 12.4. The maximum Gasteiger partial charge on any atom is 0.189 e. The summed E-state index contributed by atoms with van der Waals surface area (Å²) in [4.78, 5) is 12.2. The van der Waals surface area contributed by atoms with Gasteiger partial charge < -0.3 is 5.11 Å². The molecule has 0 atom stereocenters. The van der Waals surface area contributed by atoms with Gasteiger partial charge in [-0.1, -0.05) is 35.9 Å². The second-order valence-corrected chi connectivity index (χ2v) is 4.97. The third-order valence-corrected chi connectivity index (χ3v) is 3.52. The molecule has 2 nitrogen and oxygen atoms in total.